The Balaban J connectivity index is 1.63. The molecule has 4 aromatic rings. The van der Waals surface area contributed by atoms with Gasteiger partial charge in [0.2, 0.25) is 0 Å². The van der Waals surface area contributed by atoms with Crippen molar-refractivity contribution in [3.63, 3.8) is 0 Å². The van der Waals surface area contributed by atoms with E-state index in [1.165, 1.54) is 17.0 Å². The highest BCUT2D eigenvalue weighted by molar-refractivity contribution is 5.94. The van der Waals surface area contributed by atoms with E-state index in [1.807, 2.05) is 30.6 Å². The van der Waals surface area contributed by atoms with Gasteiger partial charge in [0.1, 0.15) is 0 Å². The molecule has 4 rings (SSSR count). The molecule has 0 bridgehead atoms. The highest BCUT2D eigenvalue weighted by atomic mass is 16.1. The summed E-state index contributed by atoms with van der Waals surface area (Å²) in [5.74, 6) is -0.700. The lowest BCUT2D eigenvalue weighted by Gasteiger charge is -2.09. The molecule has 0 saturated heterocycles. The van der Waals surface area contributed by atoms with Gasteiger partial charge in [-0.05, 0) is 35.9 Å². The molecule has 0 aliphatic rings. The summed E-state index contributed by atoms with van der Waals surface area (Å²) in [6, 6.07) is 13.8. The fraction of sp³-hybridized carbons (Fsp3) is 0.143. The van der Waals surface area contributed by atoms with E-state index in [0.29, 0.717) is 16.5 Å². The first-order valence-corrected chi connectivity index (χ1v) is 8.60. The van der Waals surface area contributed by atoms with Gasteiger partial charge in [0.15, 0.2) is 0 Å². The SMILES string of the molecule is [2H]C([2H])([2H])NC(=O)c1cccc(Cn2cnc3cc(-c4ccnn4C)ccc3c2=O)c1. The van der Waals surface area contributed by atoms with Crippen LogP contribution in [0.3, 0.4) is 0 Å². The molecular formula is C21H19N5O2. The van der Waals surface area contributed by atoms with Crippen LogP contribution in [0.5, 0.6) is 0 Å². The summed E-state index contributed by atoms with van der Waals surface area (Å²) in [6.07, 6.45) is 3.17. The van der Waals surface area contributed by atoms with E-state index in [9.17, 15) is 9.59 Å². The number of aryl methyl sites for hydroxylation is 1. The predicted octanol–water partition coefficient (Wildman–Crippen LogP) is 2.20. The summed E-state index contributed by atoms with van der Waals surface area (Å²) in [4.78, 5) is 29.5. The van der Waals surface area contributed by atoms with Gasteiger partial charge in [0.25, 0.3) is 11.5 Å². The van der Waals surface area contributed by atoms with E-state index >= 15 is 0 Å². The van der Waals surface area contributed by atoms with Crippen LogP contribution in [0.2, 0.25) is 0 Å². The van der Waals surface area contributed by atoms with Crippen molar-refractivity contribution in [2.24, 2.45) is 7.05 Å². The van der Waals surface area contributed by atoms with Gasteiger partial charge in [-0.2, -0.15) is 5.10 Å². The highest BCUT2D eigenvalue weighted by Gasteiger charge is 2.09. The molecule has 0 saturated carbocycles. The molecular weight excluding hydrogens is 354 g/mol. The molecule has 28 heavy (non-hydrogen) atoms. The Bertz CT molecular complexity index is 1340. The molecule has 0 aliphatic heterocycles. The Kier molecular flexibility index (Phi) is 3.64. The van der Waals surface area contributed by atoms with Crippen LogP contribution in [-0.4, -0.2) is 32.2 Å². The van der Waals surface area contributed by atoms with Crippen molar-refractivity contribution < 1.29 is 8.91 Å². The molecule has 0 aliphatic carbocycles. The fourth-order valence-electron chi connectivity index (χ4n) is 3.17. The van der Waals surface area contributed by atoms with Gasteiger partial charge in [-0.1, -0.05) is 18.2 Å². The van der Waals surface area contributed by atoms with Gasteiger partial charge in [-0.25, -0.2) is 4.98 Å². The third kappa shape index (κ3) is 3.18. The minimum Gasteiger partial charge on any atom is -0.355 e. The number of fused-ring (bicyclic) bond motifs is 1. The van der Waals surface area contributed by atoms with Crippen molar-refractivity contribution in [1.29, 1.82) is 0 Å². The predicted molar refractivity (Wildman–Crippen MR) is 107 cm³/mol. The van der Waals surface area contributed by atoms with Crippen molar-refractivity contribution in [2.45, 2.75) is 6.54 Å². The van der Waals surface area contributed by atoms with E-state index < -0.39 is 12.9 Å². The Labute approximate surface area is 165 Å². The molecule has 1 N–H and O–H groups in total. The van der Waals surface area contributed by atoms with Gasteiger partial charge >= 0.3 is 0 Å². The van der Waals surface area contributed by atoms with Crippen LogP contribution in [0.1, 0.15) is 20.0 Å². The normalized spacial score (nSPS) is 13.0. The summed E-state index contributed by atoms with van der Waals surface area (Å²) in [5.41, 5.74) is 3.07. The lowest BCUT2D eigenvalue weighted by Crippen LogP contribution is -2.22. The maximum absolute atomic E-state index is 13.0. The van der Waals surface area contributed by atoms with Gasteiger partial charge in [0, 0.05) is 35.5 Å². The Morgan fingerprint density at radius 2 is 2.11 bits per heavy atom. The van der Waals surface area contributed by atoms with E-state index in [-0.39, 0.29) is 17.7 Å². The number of amides is 1. The second kappa shape index (κ2) is 7.11. The quantitative estimate of drug-likeness (QED) is 0.592. The Morgan fingerprint density at radius 1 is 1.21 bits per heavy atom. The van der Waals surface area contributed by atoms with Crippen LogP contribution in [0.4, 0.5) is 0 Å². The number of nitrogens with zero attached hydrogens (tertiary/aromatic N) is 4. The van der Waals surface area contributed by atoms with E-state index in [0.717, 1.165) is 11.3 Å². The molecule has 140 valence electrons. The number of aromatic nitrogens is 4. The van der Waals surface area contributed by atoms with Gasteiger partial charge in [-0.3, -0.25) is 18.8 Å². The molecule has 0 radical (unpaired) electrons. The number of nitrogens with one attached hydrogen (secondary N) is 1. The monoisotopic (exact) mass is 376 g/mol. The average molecular weight is 376 g/mol. The molecule has 1 amide bonds. The van der Waals surface area contributed by atoms with Gasteiger partial charge < -0.3 is 5.32 Å². The Morgan fingerprint density at radius 3 is 2.89 bits per heavy atom. The number of hydrogen-bond donors (Lipinski definition) is 1. The molecule has 2 aromatic heterocycles. The average Bonchev–Trinajstić information content (AvgIpc) is 3.15. The van der Waals surface area contributed by atoms with Crippen LogP contribution in [0.25, 0.3) is 22.2 Å². The van der Waals surface area contributed by atoms with Gasteiger partial charge in [-0.15, -0.1) is 0 Å². The largest absolute Gasteiger partial charge is 0.355 e. The minimum absolute atomic E-state index is 0.195. The minimum atomic E-state index is -2.57. The first-order chi connectivity index (χ1) is 14.7. The number of carbonyl (C=O) groups excluding carboxylic acids is 1. The van der Waals surface area contributed by atoms with Crippen molar-refractivity contribution in [1.82, 2.24) is 24.6 Å². The summed E-state index contributed by atoms with van der Waals surface area (Å²) in [6.45, 7) is -2.37. The van der Waals surface area contributed by atoms with E-state index in [2.05, 4.69) is 10.1 Å². The van der Waals surface area contributed by atoms with Crippen LogP contribution in [0.15, 0.2) is 65.8 Å². The molecule has 0 unspecified atom stereocenters. The first-order valence-electron chi connectivity index (χ1n) is 10.1. The number of benzene rings is 2. The summed E-state index contributed by atoms with van der Waals surface area (Å²) in [7, 11) is 1.84. The van der Waals surface area contributed by atoms with E-state index in [1.54, 1.807) is 35.1 Å². The molecule has 7 heteroatoms. The van der Waals surface area contributed by atoms with Crippen molar-refractivity contribution in [3.05, 3.63) is 82.5 Å². The Hall–Kier alpha value is -3.74. The smallest absolute Gasteiger partial charge is 0.261 e. The van der Waals surface area contributed by atoms with Crippen LogP contribution in [-0.2, 0) is 13.6 Å². The number of hydrogen-bond acceptors (Lipinski definition) is 4. The van der Waals surface area contributed by atoms with Crippen LogP contribution in [0, 0.1) is 0 Å². The summed E-state index contributed by atoms with van der Waals surface area (Å²) < 4.78 is 24.7. The highest BCUT2D eigenvalue weighted by Crippen LogP contribution is 2.21. The first kappa shape index (κ1) is 14.3. The molecule has 7 nitrogen and oxygen atoms in total. The zero-order valence-electron chi connectivity index (χ0n) is 18.1. The molecule has 0 fully saturated rings. The van der Waals surface area contributed by atoms with Crippen molar-refractivity contribution in [3.8, 4) is 11.3 Å². The van der Waals surface area contributed by atoms with Crippen LogP contribution >= 0.6 is 0 Å². The standard InChI is InChI=1S/C21H19N5O2/c1-22-20(27)16-5-3-4-14(10-16)12-26-13-23-18-11-15(6-7-17(18)21(26)28)19-8-9-24-25(19)2/h3-11,13H,12H2,1-2H3,(H,22,27)/i1D3. The molecule has 0 atom stereocenters. The fourth-order valence-corrected chi connectivity index (χ4v) is 3.17. The second-order valence-electron chi connectivity index (χ2n) is 6.40. The summed E-state index contributed by atoms with van der Waals surface area (Å²) >= 11 is 0. The third-order valence-corrected chi connectivity index (χ3v) is 4.60. The zero-order valence-corrected chi connectivity index (χ0v) is 15.1. The number of rotatable bonds is 4. The van der Waals surface area contributed by atoms with Crippen molar-refractivity contribution >= 4 is 16.8 Å². The lowest BCUT2D eigenvalue weighted by atomic mass is 10.1. The molecule has 2 heterocycles. The molecule has 2 aromatic carbocycles. The van der Waals surface area contributed by atoms with Crippen molar-refractivity contribution in [2.75, 3.05) is 6.98 Å². The molecule has 0 spiro atoms. The lowest BCUT2D eigenvalue weighted by molar-refractivity contribution is 0.0963. The maximum Gasteiger partial charge on any atom is 0.261 e. The zero-order chi connectivity index (χ0) is 22.2. The van der Waals surface area contributed by atoms with Crippen LogP contribution < -0.4 is 10.9 Å². The third-order valence-electron chi connectivity index (χ3n) is 4.60. The second-order valence-corrected chi connectivity index (χ2v) is 6.40. The maximum atomic E-state index is 13.0. The van der Waals surface area contributed by atoms with Gasteiger partial charge in [0.05, 0.1) is 29.5 Å². The topological polar surface area (TPSA) is 81.8 Å². The summed E-state index contributed by atoms with van der Waals surface area (Å²) in [5, 5.41) is 6.59. The number of carbonyl (C=O) groups is 1. The van der Waals surface area contributed by atoms with E-state index in [4.69, 9.17) is 4.11 Å².